The van der Waals surface area contributed by atoms with Crippen molar-refractivity contribution in [3.05, 3.63) is 63.7 Å². The van der Waals surface area contributed by atoms with Gasteiger partial charge in [-0.15, -0.1) is 5.10 Å². The van der Waals surface area contributed by atoms with E-state index in [1.165, 1.54) is 18.2 Å². The largest absolute Gasteiger partial charge is 0.476 e. The van der Waals surface area contributed by atoms with E-state index in [9.17, 15) is 22.4 Å². The lowest BCUT2D eigenvalue weighted by molar-refractivity contribution is 0.0636. The molecule has 2 N–H and O–H groups in total. The molecule has 35 heavy (non-hydrogen) atoms. The van der Waals surface area contributed by atoms with Crippen molar-refractivity contribution < 1.29 is 31.5 Å². The molecule has 2 heterocycles. The maximum absolute atomic E-state index is 13.7. The number of halogens is 2. The number of hydrogen-bond acceptors (Lipinski definition) is 8. The van der Waals surface area contributed by atoms with Gasteiger partial charge >= 0.3 is 11.8 Å². The number of H-pyrrole nitrogens is 1. The molecule has 4 rings (SSSR count). The Morgan fingerprint density at radius 3 is 2.66 bits per heavy atom. The van der Waals surface area contributed by atoms with Gasteiger partial charge in [-0.3, -0.25) is 9.62 Å². The number of sulfonamides is 1. The first kappa shape index (κ1) is 24.5. The van der Waals surface area contributed by atoms with E-state index in [0.29, 0.717) is 0 Å². The summed E-state index contributed by atoms with van der Waals surface area (Å²) in [7, 11) is -4.32. The Morgan fingerprint density at radius 2 is 2.03 bits per heavy atom. The number of aromatic nitrogens is 2. The summed E-state index contributed by atoms with van der Waals surface area (Å²) in [5.74, 6) is -1.70. The Morgan fingerprint density at radius 1 is 1.29 bits per heavy atom. The van der Waals surface area contributed by atoms with Crippen LogP contribution in [-0.2, 0) is 14.8 Å². The Labute approximate surface area is 203 Å². The number of nitrogens with one attached hydrogen (secondary N) is 2. The van der Waals surface area contributed by atoms with Crippen molar-refractivity contribution in [2.24, 2.45) is 0 Å². The highest BCUT2D eigenvalue weighted by Gasteiger charge is 2.38. The van der Waals surface area contributed by atoms with Crippen LogP contribution in [0.1, 0.15) is 32.8 Å². The first-order valence-electron chi connectivity index (χ1n) is 10.2. The van der Waals surface area contributed by atoms with Gasteiger partial charge in [-0.25, -0.2) is 27.5 Å². The number of carbonyl (C=O) groups is 1. The number of amides is 1. The van der Waals surface area contributed by atoms with E-state index in [0.717, 1.165) is 22.5 Å². The smallest absolute Gasteiger partial charge is 0.434 e. The van der Waals surface area contributed by atoms with Crippen molar-refractivity contribution >= 4 is 39.1 Å². The zero-order valence-electron chi connectivity index (χ0n) is 18.7. The predicted molar refractivity (Wildman–Crippen MR) is 123 cm³/mol. The maximum atomic E-state index is 13.7. The first-order chi connectivity index (χ1) is 16.3. The van der Waals surface area contributed by atoms with Gasteiger partial charge in [0.05, 0.1) is 22.2 Å². The van der Waals surface area contributed by atoms with E-state index < -0.39 is 39.4 Å². The fourth-order valence-electron chi connectivity index (χ4n) is 3.25. The molecule has 3 aromatic rings. The molecule has 0 saturated heterocycles. The van der Waals surface area contributed by atoms with Crippen LogP contribution < -0.4 is 20.1 Å². The Bertz CT molecular complexity index is 1450. The average Bonchev–Trinajstić information content (AvgIpc) is 3.19. The van der Waals surface area contributed by atoms with E-state index in [1.54, 1.807) is 20.8 Å². The Hall–Kier alpha value is -3.58. The number of carbonyl (C=O) groups excluding carboxylic acids is 1. The van der Waals surface area contributed by atoms with Gasteiger partial charge in [0, 0.05) is 5.69 Å². The third kappa shape index (κ3) is 5.25. The zero-order chi connectivity index (χ0) is 25.5. The van der Waals surface area contributed by atoms with E-state index in [2.05, 4.69) is 15.5 Å². The molecule has 0 saturated carbocycles. The molecular formula is C21H20ClFN4O7S. The number of benzene rings is 2. The monoisotopic (exact) mass is 526 g/mol. The summed E-state index contributed by atoms with van der Waals surface area (Å²) >= 11 is 5.81. The predicted octanol–water partition coefficient (Wildman–Crippen LogP) is 3.83. The molecule has 0 bridgehead atoms. The van der Waals surface area contributed by atoms with Gasteiger partial charge in [0.15, 0.2) is 6.10 Å². The number of ether oxygens (including phenoxy) is 2. The van der Waals surface area contributed by atoms with Crippen molar-refractivity contribution in [1.29, 1.82) is 0 Å². The zero-order valence-corrected chi connectivity index (χ0v) is 20.2. The minimum atomic E-state index is -4.32. The summed E-state index contributed by atoms with van der Waals surface area (Å²) in [6.45, 7) is 4.74. The Kier molecular flexibility index (Phi) is 6.23. The van der Waals surface area contributed by atoms with Gasteiger partial charge in [0.25, 0.3) is 15.9 Å². The fraction of sp³-hybridized carbons (Fsp3) is 0.286. The van der Waals surface area contributed by atoms with Gasteiger partial charge in [0.2, 0.25) is 0 Å². The normalized spacial score (nSPS) is 15.8. The second kappa shape index (κ2) is 8.89. The molecule has 0 spiro atoms. The summed E-state index contributed by atoms with van der Waals surface area (Å²) < 4.78 is 57.8. The van der Waals surface area contributed by atoms with Gasteiger partial charge in [-0.05, 0) is 57.2 Å². The van der Waals surface area contributed by atoms with Crippen LogP contribution in [0.2, 0.25) is 5.02 Å². The molecule has 1 unspecified atom stereocenters. The molecule has 0 radical (unpaired) electrons. The number of fused-ring (bicyclic) bond motifs is 1. The van der Waals surface area contributed by atoms with E-state index in [1.807, 2.05) is 0 Å². The number of aromatic amines is 1. The molecule has 1 aliphatic rings. The molecule has 1 aliphatic heterocycles. The summed E-state index contributed by atoms with van der Waals surface area (Å²) in [5, 5.41) is 7.98. The van der Waals surface area contributed by atoms with Crippen LogP contribution in [0.25, 0.3) is 0 Å². The summed E-state index contributed by atoms with van der Waals surface area (Å²) in [4.78, 5) is 23.3. The van der Waals surface area contributed by atoms with Crippen LogP contribution in [0.3, 0.4) is 0 Å². The number of rotatable bonds is 4. The van der Waals surface area contributed by atoms with Gasteiger partial charge in [-0.2, -0.15) is 0 Å². The number of anilines is 2. The average molecular weight is 527 g/mol. The lowest BCUT2D eigenvalue weighted by atomic mass is 10.2. The highest BCUT2D eigenvalue weighted by atomic mass is 35.5. The van der Waals surface area contributed by atoms with Crippen LogP contribution in [0.4, 0.5) is 20.6 Å². The third-order valence-corrected chi connectivity index (χ3v) is 6.75. The molecule has 1 atom stereocenters. The van der Waals surface area contributed by atoms with Crippen molar-refractivity contribution in [3.8, 4) is 5.75 Å². The maximum Gasteiger partial charge on any atom is 0.434 e. The van der Waals surface area contributed by atoms with E-state index in [4.69, 9.17) is 25.5 Å². The van der Waals surface area contributed by atoms with Crippen LogP contribution in [0, 0.1) is 5.82 Å². The molecule has 11 nitrogen and oxygen atoms in total. The highest BCUT2D eigenvalue weighted by Crippen LogP contribution is 2.42. The van der Waals surface area contributed by atoms with Crippen molar-refractivity contribution in [2.45, 2.75) is 37.4 Å². The van der Waals surface area contributed by atoms with Gasteiger partial charge in [0.1, 0.15) is 17.2 Å². The molecule has 2 aromatic carbocycles. The SMILES string of the molecule is CC(C)(C)OC(=O)Nc1ccc2c(c1)N(S(=O)(=O)c1ccc(F)c(Cl)c1)CC(c1n[nH]c(=O)o1)O2. The minimum Gasteiger partial charge on any atom is -0.476 e. The van der Waals surface area contributed by atoms with Crippen LogP contribution in [-0.4, -0.2) is 36.9 Å². The lowest BCUT2D eigenvalue weighted by Gasteiger charge is -2.34. The topological polar surface area (TPSA) is 144 Å². The molecule has 1 aromatic heterocycles. The van der Waals surface area contributed by atoms with Gasteiger partial charge < -0.3 is 13.9 Å². The summed E-state index contributed by atoms with van der Waals surface area (Å²) in [5.41, 5.74) is -0.462. The molecular weight excluding hydrogens is 507 g/mol. The fourth-order valence-corrected chi connectivity index (χ4v) is 4.99. The van der Waals surface area contributed by atoms with Crippen molar-refractivity contribution in [3.63, 3.8) is 0 Å². The quantitative estimate of drug-likeness (QED) is 0.522. The van der Waals surface area contributed by atoms with Crippen molar-refractivity contribution in [1.82, 2.24) is 10.2 Å². The second-order valence-electron chi connectivity index (χ2n) is 8.48. The summed E-state index contributed by atoms with van der Waals surface area (Å²) in [6, 6.07) is 7.26. The molecule has 0 aliphatic carbocycles. The summed E-state index contributed by atoms with van der Waals surface area (Å²) in [6.07, 6.45) is -1.83. The molecule has 14 heteroatoms. The highest BCUT2D eigenvalue weighted by molar-refractivity contribution is 7.92. The molecule has 186 valence electrons. The second-order valence-corrected chi connectivity index (χ2v) is 10.7. The molecule has 0 fully saturated rings. The van der Waals surface area contributed by atoms with Gasteiger partial charge in [-0.1, -0.05) is 11.6 Å². The van der Waals surface area contributed by atoms with Crippen LogP contribution in [0.5, 0.6) is 5.75 Å². The Balaban J connectivity index is 1.76. The lowest BCUT2D eigenvalue weighted by Crippen LogP contribution is -2.40. The van der Waals surface area contributed by atoms with E-state index >= 15 is 0 Å². The first-order valence-corrected chi connectivity index (χ1v) is 12.0. The van der Waals surface area contributed by atoms with Crippen LogP contribution in [0.15, 0.2) is 50.5 Å². The standard InChI is InChI=1S/C21H20ClFN4O7S/c1-21(2,3)34-19(28)24-11-4-7-16-15(8-11)27(10-17(32-16)18-25-26-20(29)33-18)35(30,31)12-5-6-14(23)13(22)9-12/h4-9,17H,10H2,1-3H3,(H,24,28)(H,26,29). The molecule has 1 amide bonds. The van der Waals surface area contributed by atoms with E-state index in [-0.39, 0.29) is 39.5 Å². The van der Waals surface area contributed by atoms with Crippen molar-refractivity contribution in [2.75, 3.05) is 16.2 Å². The minimum absolute atomic E-state index is 0.0631. The third-order valence-electron chi connectivity index (χ3n) is 4.68. The van der Waals surface area contributed by atoms with Crippen LogP contribution >= 0.6 is 11.6 Å². The number of nitrogens with zero attached hydrogens (tertiary/aromatic N) is 2. The number of hydrogen-bond donors (Lipinski definition) is 2.